The van der Waals surface area contributed by atoms with E-state index >= 15 is 0 Å². The predicted molar refractivity (Wildman–Crippen MR) is 79.3 cm³/mol. The lowest BCUT2D eigenvalue weighted by Crippen LogP contribution is -2.48. The third kappa shape index (κ3) is 2.89. The van der Waals surface area contributed by atoms with E-state index in [9.17, 15) is 0 Å². The summed E-state index contributed by atoms with van der Waals surface area (Å²) in [6.45, 7) is 6.59. The maximum atomic E-state index is 6.14. The minimum atomic E-state index is 0.334. The summed E-state index contributed by atoms with van der Waals surface area (Å²) < 4.78 is 0. The molecule has 0 heterocycles. The lowest BCUT2D eigenvalue weighted by atomic mass is 9.57. The Morgan fingerprint density at radius 1 is 1.33 bits per heavy atom. The molecule has 1 aliphatic rings. The highest BCUT2D eigenvalue weighted by molar-refractivity contribution is 6.30. The van der Waals surface area contributed by atoms with Gasteiger partial charge >= 0.3 is 0 Å². The van der Waals surface area contributed by atoms with E-state index in [0.29, 0.717) is 5.41 Å². The number of benzene rings is 1. The highest BCUT2D eigenvalue weighted by atomic mass is 35.5. The van der Waals surface area contributed by atoms with E-state index in [2.05, 4.69) is 37.4 Å². The highest BCUT2D eigenvalue weighted by Gasteiger charge is 2.44. The predicted octanol–water partition coefficient (Wildman–Crippen LogP) is 4.40. The van der Waals surface area contributed by atoms with Crippen LogP contribution in [0.25, 0.3) is 0 Å². The Labute approximate surface area is 116 Å². The SMILES string of the molecule is CCCC1CC(CNCC)(c2cccc(Cl)c2)C1. The van der Waals surface area contributed by atoms with Crippen molar-refractivity contribution < 1.29 is 0 Å². The van der Waals surface area contributed by atoms with Crippen molar-refractivity contribution in [1.82, 2.24) is 5.32 Å². The van der Waals surface area contributed by atoms with Gasteiger partial charge in [-0.05, 0) is 43.0 Å². The Morgan fingerprint density at radius 3 is 2.72 bits per heavy atom. The van der Waals surface area contributed by atoms with Gasteiger partial charge in [0.05, 0.1) is 0 Å². The van der Waals surface area contributed by atoms with Crippen molar-refractivity contribution in [3.05, 3.63) is 34.9 Å². The second-order valence-electron chi connectivity index (χ2n) is 5.63. The first-order valence-corrected chi connectivity index (χ1v) is 7.55. The van der Waals surface area contributed by atoms with E-state index in [1.807, 2.05) is 6.07 Å². The monoisotopic (exact) mass is 265 g/mol. The van der Waals surface area contributed by atoms with Crippen molar-refractivity contribution in [3.8, 4) is 0 Å². The van der Waals surface area contributed by atoms with Crippen molar-refractivity contribution in [2.45, 2.75) is 44.9 Å². The molecule has 1 aliphatic carbocycles. The third-order valence-electron chi connectivity index (χ3n) is 4.21. The standard InChI is InChI=1S/C16H24ClN/c1-3-6-13-10-16(11-13,12-18-4-2)14-7-5-8-15(17)9-14/h5,7-9,13,18H,3-4,6,10-12H2,1-2H3. The fourth-order valence-electron chi connectivity index (χ4n) is 3.32. The average Bonchev–Trinajstić information content (AvgIpc) is 2.32. The third-order valence-corrected chi connectivity index (χ3v) is 4.44. The molecule has 0 saturated heterocycles. The van der Waals surface area contributed by atoms with Crippen LogP contribution in [-0.4, -0.2) is 13.1 Å². The van der Waals surface area contributed by atoms with Crippen LogP contribution >= 0.6 is 11.6 Å². The summed E-state index contributed by atoms with van der Waals surface area (Å²) in [4.78, 5) is 0. The molecule has 18 heavy (non-hydrogen) atoms. The molecule has 1 aromatic rings. The van der Waals surface area contributed by atoms with E-state index < -0.39 is 0 Å². The van der Waals surface area contributed by atoms with Gasteiger partial charge < -0.3 is 5.32 Å². The molecule has 2 rings (SSSR count). The van der Waals surface area contributed by atoms with E-state index in [1.54, 1.807) is 0 Å². The number of rotatable bonds is 6. The Morgan fingerprint density at radius 2 is 2.11 bits per heavy atom. The summed E-state index contributed by atoms with van der Waals surface area (Å²) in [5, 5.41) is 4.39. The summed E-state index contributed by atoms with van der Waals surface area (Å²) in [7, 11) is 0. The fraction of sp³-hybridized carbons (Fsp3) is 0.625. The highest BCUT2D eigenvalue weighted by Crippen LogP contribution is 2.49. The first-order valence-electron chi connectivity index (χ1n) is 7.17. The van der Waals surface area contributed by atoms with E-state index in [1.165, 1.54) is 31.2 Å². The van der Waals surface area contributed by atoms with Crippen LogP contribution in [0.15, 0.2) is 24.3 Å². The lowest BCUT2D eigenvalue weighted by Gasteiger charge is -2.49. The summed E-state index contributed by atoms with van der Waals surface area (Å²) in [6.07, 6.45) is 5.30. The molecule has 0 spiro atoms. The van der Waals surface area contributed by atoms with Gasteiger partial charge in [-0.1, -0.05) is 50.4 Å². The van der Waals surface area contributed by atoms with Crippen LogP contribution in [0.5, 0.6) is 0 Å². The summed E-state index contributed by atoms with van der Waals surface area (Å²) in [5.41, 5.74) is 1.75. The molecule has 0 radical (unpaired) electrons. The number of likely N-dealkylation sites (N-methyl/N-ethyl adjacent to an activating group) is 1. The smallest absolute Gasteiger partial charge is 0.0408 e. The van der Waals surface area contributed by atoms with Crippen molar-refractivity contribution in [1.29, 1.82) is 0 Å². The van der Waals surface area contributed by atoms with Gasteiger partial charge in [0.1, 0.15) is 0 Å². The molecule has 0 aliphatic heterocycles. The normalized spacial score (nSPS) is 26.9. The van der Waals surface area contributed by atoms with Crippen LogP contribution in [-0.2, 0) is 5.41 Å². The molecule has 100 valence electrons. The first kappa shape index (κ1) is 13.9. The van der Waals surface area contributed by atoms with Gasteiger partial charge in [-0.2, -0.15) is 0 Å². The van der Waals surface area contributed by atoms with Gasteiger partial charge in [0, 0.05) is 17.0 Å². The molecule has 1 fully saturated rings. The lowest BCUT2D eigenvalue weighted by molar-refractivity contribution is 0.129. The molecule has 1 aromatic carbocycles. The fourth-order valence-corrected chi connectivity index (χ4v) is 3.51. The molecule has 0 amide bonds. The van der Waals surface area contributed by atoms with Gasteiger partial charge in [-0.15, -0.1) is 0 Å². The van der Waals surface area contributed by atoms with Crippen LogP contribution in [0.4, 0.5) is 0 Å². The maximum absolute atomic E-state index is 6.14. The molecule has 1 saturated carbocycles. The van der Waals surface area contributed by atoms with Gasteiger partial charge in [0.15, 0.2) is 0 Å². The Bertz CT molecular complexity index is 382. The van der Waals surface area contributed by atoms with Crippen molar-refractivity contribution in [2.75, 3.05) is 13.1 Å². The van der Waals surface area contributed by atoms with E-state index in [0.717, 1.165) is 24.0 Å². The van der Waals surface area contributed by atoms with Crippen LogP contribution in [0, 0.1) is 5.92 Å². The Hall–Kier alpha value is -0.530. The number of halogens is 1. The van der Waals surface area contributed by atoms with Gasteiger partial charge in [0.2, 0.25) is 0 Å². The largest absolute Gasteiger partial charge is 0.316 e. The summed E-state index contributed by atoms with van der Waals surface area (Å²) in [5.74, 6) is 0.910. The van der Waals surface area contributed by atoms with Crippen LogP contribution in [0.1, 0.15) is 45.1 Å². The Kier molecular flexibility index (Phi) is 4.69. The molecular weight excluding hydrogens is 242 g/mol. The van der Waals surface area contributed by atoms with Crippen LogP contribution in [0.3, 0.4) is 0 Å². The molecule has 2 heteroatoms. The topological polar surface area (TPSA) is 12.0 Å². The molecule has 0 unspecified atom stereocenters. The molecule has 1 nitrogen and oxygen atoms in total. The van der Waals surface area contributed by atoms with Gasteiger partial charge in [0.25, 0.3) is 0 Å². The first-order chi connectivity index (χ1) is 8.70. The summed E-state index contributed by atoms with van der Waals surface area (Å²) in [6, 6.07) is 8.44. The average molecular weight is 266 g/mol. The second-order valence-corrected chi connectivity index (χ2v) is 6.07. The summed E-state index contributed by atoms with van der Waals surface area (Å²) >= 11 is 6.14. The van der Waals surface area contributed by atoms with Crippen molar-refractivity contribution in [3.63, 3.8) is 0 Å². The number of hydrogen-bond acceptors (Lipinski definition) is 1. The minimum Gasteiger partial charge on any atom is -0.316 e. The van der Waals surface area contributed by atoms with Crippen molar-refractivity contribution in [2.24, 2.45) is 5.92 Å². The molecule has 0 atom stereocenters. The maximum Gasteiger partial charge on any atom is 0.0408 e. The zero-order chi connectivity index (χ0) is 13.0. The minimum absolute atomic E-state index is 0.334. The molecule has 0 bridgehead atoms. The van der Waals surface area contributed by atoms with Crippen LogP contribution < -0.4 is 5.32 Å². The Balaban J connectivity index is 2.11. The molecule has 1 N–H and O–H groups in total. The zero-order valence-corrected chi connectivity index (χ0v) is 12.3. The zero-order valence-electron chi connectivity index (χ0n) is 11.5. The molecule has 0 aromatic heterocycles. The van der Waals surface area contributed by atoms with Crippen molar-refractivity contribution >= 4 is 11.6 Å². The second kappa shape index (κ2) is 6.08. The van der Waals surface area contributed by atoms with Gasteiger partial charge in [-0.3, -0.25) is 0 Å². The van der Waals surface area contributed by atoms with E-state index in [4.69, 9.17) is 11.6 Å². The number of hydrogen-bond donors (Lipinski definition) is 1. The van der Waals surface area contributed by atoms with E-state index in [-0.39, 0.29) is 0 Å². The number of nitrogens with one attached hydrogen (secondary N) is 1. The molecular formula is C16H24ClN. The van der Waals surface area contributed by atoms with Gasteiger partial charge in [-0.25, -0.2) is 0 Å². The van der Waals surface area contributed by atoms with Crippen LogP contribution in [0.2, 0.25) is 5.02 Å². The quantitative estimate of drug-likeness (QED) is 0.804.